The molecule has 0 fully saturated rings. The van der Waals surface area contributed by atoms with Crippen molar-refractivity contribution in [1.29, 1.82) is 0 Å². The van der Waals surface area contributed by atoms with Gasteiger partial charge in [-0.25, -0.2) is 0 Å². The summed E-state index contributed by atoms with van der Waals surface area (Å²) in [7, 11) is 0. The number of aliphatic hydroxyl groups is 2. The van der Waals surface area contributed by atoms with E-state index in [1.165, 1.54) is 0 Å². The van der Waals surface area contributed by atoms with Gasteiger partial charge in [-0.15, -0.1) is 0 Å². The summed E-state index contributed by atoms with van der Waals surface area (Å²) >= 11 is 0. The molecular formula is C25H36N2O6. The van der Waals surface area contributed by atoms with Gasteiger partial charge in [-0.3, -0.25) is 9.59 Å². The molecular weight excluding hydrogens is 424 g/mol. The lowest BCUT2D eigenvalue weighted by Gasteiger charge is -2.41. The van der Waals surface area contributed by atoms with Crippen molar-refractivity contribution >= 4 is 11.8 Å². The van der Waals surface area contributed by atoms with Gasteiger partial charge >= 0.3 is 0 Å². The minimum absolute atomic E-state index is 0.0779. The summed E-state index contributed by atoms with van der Waals surface area (Å²) in [6, 6.07) is 6.73. The highest BCUT2D eigenvalue weighted by Crippen LogP contribution is 2.47. The van der Waals surface area contributed by atoms with Gasteiger partial charge in [0.25, 0.3) is 0 Å². The van der Waals surface area contributed by atoms with E-state index in [4.69, 9.17) is 9.47 Å². The number of ether oxygens (including phenoxy) is 2. The predicted molar refractivity (Wildman–Crippen MR) is 124 cm³/mol. The van der Waals surface area contributed by atoms with Crippen LogP contribution in [0.3, 0.4) is 0 Å². The zero-order valence-electron chi connectivity index (χ0n) is 19.7. The molecule has 0 aromatic heterocycles. The molecule has 2 amide bonds. The van der Waals surface area contributed by atoms with Crippen molar-refractivity contribution in [1.82, 2.24) is 10.2 Å². The second kappa shape index (κ2) is 11.6. The number of rotatable bonds is 11. The van der Waals surface area contributed by atoms with E-state index < -0.39 is 24.2 Å². The molecule has 4 atom stereocenters. The van der Waals surface area contributed by atoms with Gasteiger partial charge in [0.1, 0.15) is 18.0 Å². The Morgan fingerprint density at radius 2 is 2.03 bits per heavy atom. The average molecular weight is 461 g/mol. The standard InChI is InChI=1S/C25H36N2O6/c1-4-32-13-7-11-27(21(29)14-16(2)3)19-15-18(25(31)26-10-12-28)22-17-8-5-6-9-20(17)33-24(22)23(19)30/h5-6,8-9,15-16,19,22-24,28,30H,4,7,10-14H2,1-3H3,(H,26,31). The Hall–Kier alpha value is -2.42. The quantitative estimate of drug-likeness (QED) is 0.433. The maximum Gasteiger partial charge on any atom is 0.247 e. The predicted octanol–water partition coefficient (Wildman–Crippen LogP) is 1.61. The first-order valence-electron chi connectivity index (χ1n) is 11.8. The van der Waals surface area contributed by atoms with Gasteiger partial charge in [0.15, 0.2) is 0 Å². The zero-order chi connectivity index (χ0) is 24.0. The number of para-hydroxylation sites is 1. The molecule has 3 N–H and O–H groups in total. The number of carbonyl (C=O) groups is 2. The van der Waals surface area contributed by atoms with Crippen LogP contribution in [0.15, 0.2) is 35.9 Å². The van der Waals surface area contributed by atoms with E-state index in [9.17, 15) is 19.8 Å². The van der Waals surface area contributed by atoms with Gasteiger partial charge in [-0.1, -0.05) is 32.0 Å². The van der Waals surface area contributed by atoms with Crippen LogP contribution >= 0.6 is 0 Å². The molecule has 0 saturated carbocycles. The number of nitrogens with zero attached hydrogens (tertiary/aromatic N) is 1. The summed E-state index contributed by atoms with van der Waals surface area (Å²) in [6.45, 7) is 7.31. The van der Waals surface area contributed by atoms with Crippen molar-refractivity contribution in [3.8, 4) is 5.75 Å². The minimum atomic E-state index is -1.00. The molecule has 33 heavy (non-hydrogen) atoms. The van der Waals surface area contributed by atoms with Crippen LogP contribution in [0.4, 0.5) is 0 Å². The van der Waals surface area contributed by atoms with Crippen LogP contribution < -0.4 is 10.1 Å². The van der Waals surface area contributed by atoms with Crippen LogP contribution in [0.2, 0.25) is 0 Å². The molecule has 0 bridgehead atoms. The molecule has 1 aliphatic heterocycles. The van der Waals surface area contributed by atoms with Crippen LogP contribution in [0.1, 0.15) is 45.1 Å². The van der Waals surface area contributed by atoms with Crippen molar-refractivity contribution in [3.05, 3.63) is 41.5 Å². The number of hydrogen-bond donors (Lipinski definition) is 3. The Morgan fingerprint density at radius 1 is 1.27 bits per heavy atom. The van der Waals surface area contributed by atoms with Gasteiger partial charge < -0.3 is 29.9 Å². The Labute approximate surface area is 195 Å². The number of nitrogens with one attached hydrogen (secondary N) is 1. The topological polar surface area (TPSA) is 108 Å². The molecule has 0 radical (unpaired) electrons. The van der Waals surface area contributed by atoms with Crippen LogP contribution in [-0.4, -0.2) is 78.1 Å². The Balaban J connectivity index is 1.97. The van der Waals surface area contributed by atoms with Crippen LogP contribution in [0, 0.1) is 5.92 Å². The highest BCUT2D eigenvalue weighted by atomic mass is 16.5. The maximum atomic E-state index is 13.2. The largest absolute Gasteiger partial charge is 0.486 e. The summed E-state index contributed by atoms with van der Waals surface area (Å²) in [6.07, 6.45) is 0.986. The van der Waals surface area contributed by atoms with Crippen molar-refractivity contribution in [2.75, 3.05) is 32.9 Å². The summed E-state index contributed by atoms with van der Waals surface area (Å²) in [5, 5.41) is 23.3. The number of benzene rings is 1. The summed E-state index contributed by atoms with van der Waals surface area (Å²) < 4.78 is 11.6. The van der Waals surface area contributed by atoms with Gasteiger partial charge in [0.05, 0.1) is 18.6 Å². The third-order valence-corrected chi connectivity index (χ3v) is 6.03. The first-order chi connectivity index (χ1) is 15.9. The minimum Gasteiger partial charge on any atom is -0.486 e. The molecule has 1 aromatic carbocycles. The van der Waals surface area contributed by atoms with Crippen molar-refractivity contribution in [2.45, 2.75) is 57.8 Å². The van der Waals surface area contributed by atoms with E-state index in [1.807, 2.05) is 45.0 Å². The zero-order valence-corrected chi connectivity index (χ0v) is 19.7. The number of hydrogen-bond acceptors (Lipinski definition) is 6. The van der Waals surface area contributed by atoms with Crippen LogP contribution in [0.25, 0.3) is 0 Å². The normalized spacial score (nSPS) is 23.4. The summed E-state index contributed by atoms with van der Waals surface area (Å²) in [4.78, 5) is 27.9. The Kier molecular flexibility index (Phi) is 8.88. The number of fused-ring (bicyclic) bond motifs is 3. The highest BCUT2D eigenvalue weighted by Gasteiger charge is 2.50. The Morgan fingerprint density at radius 3 is 2.73 bits per heavy atom. The smallest absolute Gasteiger partial charge is 0.247 e. The molecule has 1 heterocycles. The number of aliphatic hydroxyl groups excluding tert-OH is 2. The Bertz CT molecular complexity index is 855. The molecule has 4 unspecified atom stereocenters. The molecule has 1 aromatic rings. The highest BCUT2D eigenvalue weighted by molar-refractivity contribution is 5.96. The molecule has 2 aliphatic rings. The SMILES string of the molecule is CCOCCCN(C(=O)CC(C)C)C1C=C(C(=O)NCCO)C2c3ccccc3OC2C1O. The molecule has 8 heteroatoms. The van der Waals surface area contributed by atoms with E-state index in [2.05, 4.69) is 5.32 Å². The number of carbonyl (C=O) groups excluding carboxylic acids is 2. The molecule has 1 aliphatic carbocycles. The lowest BCUT2D eigenvalue weighted by Crippen LogP contribution is -2.56. The van der Waals surface area contributed by atoms with Gasteiger partial charge in [0.2, 0.25) is 11.8 Å². The second-order valence-corrected chi connectivity index (χ2v) is 8.92. The maximum absolute atomic E-state index is 13.2. The van der Waals surface area contributed by atoms with Crippen molar-refractivity contribution in [2.24, 2.45) is 5.92 Å². The third kappa shape index (κ3) is 5.75. The van der Waals surface area contributed by atoms with Crippen LogP contribution in [-0.2, 0) is 14.3 Å². The van der Waals surface area contributed by atoms with E-state index in [0.29, 0.717) is 43.9 Å². The van der Waals surface area contributed by atoms with Crippen molar-refractivity contribution in [3.63, 3.8) is 0 Å². The monoisotopic (exact) mass is 460 g/mol. The van der Waals surface area contributed by atoms with Gasteiger partial charge in [-0.2, -0.15) is 0 Å². The molecule has 182 valence electrons. The third-order valence-electron chi connectivity index (χ3n) is 6.03. The average Bonchev–Trinajstić information content (AvgIpc) is 3.18. The van der Waals surface area contributed by atoms with E-state index in [-0.39, 0.29) is 30.9 Å². The lowest BCUT2D eigenvalue weighted by molar-refractivity contribution is -0.138. The molecule has 0 saturated heterocycles. The van der Waals surface area contributed by atoms with Gasteiger partial charge in [-0.05, 0) is 31.4 Å². The number of amides is 2. The fourth-order valence-electron chi connectivity index (χ4n) is 4.58. The fraction of sp³-hybridized carbons (Fsp3) is 0.600. The summed E-state index contributed by atoms with van der Waals surface area (Å²) in [5.74, 6) is -0.0718. The summed E-state index contributed by atoms with van der Waals surface area (Å²) in [5.41, 5.74) is 1.28. The van der Waals surface area contributed by atoms with Gasteiger partial charge in [0, 0.05) is 43.9 Å². The van der Waals surface area contributed by atoms with E-state index >= 15 is 0 Å². The van der Waals surface area contributed by atoms with Crippen molar-refractivity contribution < 1.29 is 29.3 Å². The second-order valence-electron chi connectivity index (χ2n) is 8.92. The van der Waals surface area contributed by atoms with E-state index in [0.717, 1.165) is 5.56 Å². The molecule has 8 nitrogen and oxygen atoms in total. The molecule has 0 spiro atoms. The fourth-order valence-corrected chi connectivity index (χ4v) is 4.58. The first-order valence-corrected chi connectivity index (χ1v) is 11.8. The first kappa shape index (κ1) is 25.2. The lowest BCUT2D eigenvalue weighted by atomic mass is 9.77. The molecule has 3 rings (SSSR count). The van der Waals surface area contributed by atoms with E-state index in [1.54, 1.807) is 11.0 Å². The van der Waals surface area contributed by atoms with Crippen LogP contribution in [0.5, 0.6) is 5.75 Å².